The standard InChI is InChI=1S/C28H31NO7/c1-16-25(28(32)36-12-11-33-2)26(18-7-10-22(30)24(15-18)35-4)27-21(29-16)13-19(14-23(27)31)17-5-8-20(34-3)9-6-17/h5-10,15,19,26,29-30H,11-14H2,1-4H3/t19-,26+/m0/s1. The molecule has 0 fully saturated rings. The zero-order chi connectivity index (χ0) is 25.8. The number of dihydropyridines is 1. The lowest BCUT2D eigenvalue weighted by Crippen LogP contribution is -2.36. The van der Waals surface area contributed by atoms with Crippen molar-refractivity contribution in [3.63, 3.8) is 0 Å². The van der Waals surface area contributed by atoms with Crippen LogP contribution < -0.4 is 14.8 Å². The Hall–Kier alpha value is -3.78. The van der Waals surface area contributed by atoms with Gasteiger partial charge in [0.1, 0.15) is 12.4 Å². The van der Waals surface area contributed by atoms with E-state index < -0.39 is 11.9 Å². The van der Waals surface area contributed by atoms with E-state index in [1.54, 1.807) is 19.2 Å². The van der Waals surface area contributed by atoms with Crippen LogP contribution in [0.4, 0.5) is 0 Å². The molecule has 4 rings (SSSR count). The monoisotopic (exact) mass is 493 g/mol. The molecule has 2 N–H and O–H groups in total. The van der Waals surface area contributed by atoms with Crippen LogP contribution in [0.25, 0.3) is 0 Å². The van der Waals surface area contributed by atoms with Crippen LogP contribution in [-0.4, -0.2) is 51.4 Å². The van der Waals surface area contributed by atoms with Crippen molar-refractivity contribution in [3.8, 4) is 17.2 Å². The molecule has 8 heteroatoms. The van der Waals surface area contributed by atoms with Gasteiger partial charge in [0.25, 0.3) is 0 Å². The topological polar surface area (TPSA) is 103 Å². The summed E-state index contributed by atoms with van der Waals surface area (Å²) in [6.45, 7) is 2.17. The van der Waals surface area contributed by atoms with Gasteiger partial charge in [-0.3, -0.25) is 4.79 Å². The van der Waals surface area contributed by atoms with Crippen LogP contribution in [0.15, 0.2) is 65.0 Å². The molecular weight excluding hydrogens is 462 g/mol. The fourth-order valence-corrected chi connectivity index (χ4v) is 4.92. The quantitative estimate of drug-likeness (QED) is 0.421. The highest BCUT2D eigenvalue weighted by atomic mass is 16.6. The number of esters is 1. The first-order chi connectivity index (χ1) is 17.4. The number of Topliss-reactive ketones (excluding diaryl/α,β-unsaturated/α-hetero) is 1. The van der Waals surface area contributed by atoms with E-state index in [4.69, 9.17) is 18.9 Å². The van der Waals surface area contributed by atoms with Gasteiger partial charge in [-0.05, 0) is 54.7 Å². The number of allylic oxidation sites excluding steroid dienone is 3. The molecule has 0 saturated carbocycles. The van der Waals surface area contributed by atoms with E-state index in [2.05, 4.69) is 5.32 Å². The van der Waals surface area contributed by atoms with Gasteiger partial charge in [-0.15, -0.1) is 0 Å². The van der Waals surface area contributed by atoms with Gasteiger partial charge < -0.3 is 29.4 Å². The van der Waals surface area contributed by atoms with Crippen molar-refractivity contribution >= 4 is 11.8 Å². The first-order valence-electron chi connectivity index (χ1n) is 11.8. The van der Waals surface area contributed by atoms with E-state index in [1.807, 2.05) is 31.2 Å². The predicted octanol–water partition coefficient (Wildman–Crippen LogP) is 3.96. The van der Waals surface area contributed by atoms with Crippen molar-refractivity contribution in [2.24, 2.45) is 0 Å². The SMILES string of the molecule is COCCOC(=O)C1=C(C)NC2=C(C(=O)C[C@@H](c3ccc(OC)cc3)C2)[C@@H]1c1ccc(O)c(OC)c1. The van der Waals surface area contributed by atoms with Crippen LogP contribution >= 0.6 is 0 Å². The maximum atomic E-state index is 13.7. The smallest absolute Gasteiger partial charge is 0.336 e. The third-order valence-electron chi connectivity index (χ3n) is 6.69. The van der Waals surface area contributed by atoms with E-state index >= 15 is 0 Å². The number of hydrogen-bond acceptors (Lipinski definition) is 8. The second-order valence-electron chi connectivity index (χ2n) is 8.85. The van der Waals surface area contributed by atoms with Crippen molar-refractivity contribution in [1.29, 1.82) is 0 Å². The average Bonchev–Trinajstić information content (AvgIpc) is 2.88. The first kappa shape index (κ1) is 25.3. The van der Waals surface area contributed by atoms with Gasteiger partial charge in [-0.1, -0.05) is 18.2 Å². The molecule has 0 amide bonds. The third-order valence-corrected chi connectivity index (χ3v) is 6.69. The number of carbonyl (C=O) groups excluding carboxylic acids is 2. The van der Waals surface area contributed by atoms with Gasteiger partial charge in [0.2, 0.25) is 0 Å². The Kier molecular flexibility index (Phi) is 7.64. The van der Waals surface area contributed by atoms with E-state index in [1.165, 1.54) is 20.3 Å². The average molecular weight is 494 g/mol. The summed E-state index contributed by atoms with van der Waals surface area (Å²) in [5, 5.41) is 13.5. The lowest BCUT2D eigenvalue weighted by Gasteiger charge is -2.36. The molecule has 0 unspecified atom stereocenters. The highest BCUT2D eigenvalue weighted by molar-refractivity contribution is 6.04. The summed E-state index contributed by atoms with van der Waals surface area (Å²) < 4.78 is 21.0. The van der Waals surface area contributed by atoms with Crippen LogP contribution in [0, 0.1) is 0 Å². The summed E-state index contributed by atoms with van der Waals surface area (Å²) in [6, 6.07) is 12.6. The van der Waals surface area contributed by atoms with E-state index in [0.717, 1.165) is 17.0 Å². The van der Waals surface area contributed by atoms with Gasteiger partial charge in [0.15, 0.2) is 17.3 Å². The first-order valence-corrected chi connectivity index (χ1v) is 11.8. The van der Waals surface area contributed by atoms with Crippen molar-refractivity contribution in [3.05, 3.63) is 76.1 Å². The van der Waals surface area contributed by atoms with Crippen molar-refractivity contribution in [2.75, 3.05) is 34.5 Å². The maximum absolute atomic E-state index is 13.7. The molecule has 0 bridgehead atoms. The number of phenolic OH excluding ortho intramolecular Hbond substituents is 1. The summed E-state index contributed by atoms with van der Waals surface area (Å²) in [7, 11) is 4.61. The van der Waals surface area contributed by atoms with Crippen molar-refractivity contribution in [1.82, 2.24) is 5.32 Å². The molecule has 8 nitrogen and oxygen atoms in total. The Morgan fingerprint density at radius 1 is 1.00 bits per heavy atom. The normalized spacial score (nSPS) is 19.5. The second-order valence-corrected chi connectivity index (χ2v) is 8.85. The maximum Gasteiger partial charge on any atom is 0.336 e. The molecule has 0 aromatic heterocycles. The highest BCUT2D eigenvalue weighted by Crippen LogP contribution is 2.47. The van der Waals surface area contributed by atoms with Crippen molar-refractivity contribution in [2.45, 2.75) is 31.6 Å². The number of rotatable bonds is 8. The molecule has 2 aliphatic rings. The molecule has 190 valence electrons. The molecule has 2 aromatic carbocycles. The number of carbonyl (C=O) groups is 2. The Labute approximate surface area is 210 Å². The Balaban J connectivity index is 1.76. The van der Waals surface area contributed by atoms with Gasteiger partial charge >= 0.3 is 5.97 Å². The van der Waals surface area contributed by atoms with Crippen LogP contribution in [0.2, 0.25) is 0 Å². The summed E-state index contributed by atoms with van der Waals surface area (Å²) in [5.74, 6) is -0.237. The largest absolute Gasteiger partial charge is 0.504 e. The Morgan fingerprint density at radius 3 is 2.39 bits per heavy atom. The molecule has 1 aliphatic heterocycles. The van der Waals surface area contributed by atoms with Gasteiger partial charge in [0.05, 0.1) is 26.4 Å². The summed E-state index contributed by atoms with van der Waals surface area (Å²) in [4.78, 5) is 26.9. The molecule has 0 saturated heterocycles. The Bertz CT molecular complexity index is 1210. The van der Waals surface area contributed by atoms with Crippen LogP contribution in [0.5, 0.6) is 17.2 Å². The molecule has 1 aliphatic carbocycles. The minimum absolute atomic E-state index is 0.00679. The van der Waals surface area contributed by atoms with E-state index in [-0.39, 0.29) is 36.4 Å². The third kappa shape index (κ3) is 4.95. The molecule has 0 radical (unpaired) electrons. The van der Waals surface area contributed by atoms with E-state index in [0.29, 0.717) is 35.2 Å². The fourth-order valence-electron chi connectivity index (χ4n) is 4.92. The molecule has 36 heavy (non-hydrogen) atoms. The molecular formula is C28H31NO7. The zero-order valence-corrected chi connectivity index (χ0v) is 20.9. The van der Waals surface area contributed by atoms with E-state index in [9.17, 15) is 14.7 Å². The van der Waals surface area contributed by atoms with Crippen LogP contribution in [-0.2, 0) is 19.1 Å². The van der Waals surface area contributed by atoms with Crippen molar-refractivity contribution < 1.29 is 33.6 Å². The number of benzene rings is 2. The van der Waals surface area contributed by atoms with Gasteiger partial charge in [-0.2, -0.15) is 0 Å². The van der Waals surface area contributed by atoms with Crippen LogP contribution in [0.1, 0.15) is 42.7 Å². The summed E-state index contributed by atoms with van der Waals surface area (Å²) in [6.07, 6.45) is 0.923. The van der Waals surface area contributed by atoms with Gasteiger partial charge in [-0.25, -0.2) is 4.79 Å². The number of phenols is 1. The number of ether oxygens (including phenoxy) is 4. The molecule has 2 aromatic rings. The van der Waals surface area contributed by atoms with Gasteiger partial charge in [0, 0.05) is 36.4 Å². The number of methoxy groups -OCH3 is 3. The minimum Gasteiger partial charge on any atom is -0.504 e. The number of nitrogens with one attached hydrogen (secondary N) is 1. The molecule has 2 atom stereocenters. The molecule has 1 heterocycles. The van der Waals surface area contributed by atoms with Crippen LogP contribution in [0.3, 0.4) is 0 Å². The number of aromatic hydroxyl groups is 1. The lowest BCUT2D eigenvalue weighted by molar-refractivity contribution is -0.140. The highest BCUT2D eigenvalue weighted by Gasteiger charge is 2.41. The predicted molar refractivity (Wildman–Crippen MR) is 133 cm³/mol. The summed E-state index contributed by atoms with van der Waals surface area (Å²) in [5.41, 5.74) is 4.01. The number of ketones is 1. The Morgan fingerprint density at radius 2 is 1.72 bits per heavy atom. The molecule has 0 spiro atoms. The fraction of sp³-hybridized carbons (Fsp3) is 0.357. The lowest BCUT2D eigenvalue weighted by atomic mass is 9.71. The summed E-state index contributed by atoms with van der Waals surface area (Å²) >= 11 is 0. The second kappa shape index (κ2) is 10.9. The number of hydrogen-bond donors (Lipinski definition) is 2. The zero-order valence-electron chi connectivity index (χ0n) is 20.9. The minimum atomic E-state index is -0.657.